The Morgan fingerprint density at radius 3 is 2.88 bits per heavy atom. The summed E-state index contributed by atoms with van der Waals surface area (Å²) in [7, 11) is 0. The Bertz CT molecular complexity index is 596. The SMILES string of the molecule is Cc1nc(CNc2n[nH]c(=O)[nH]c2=O)no1. The fraction of sp³-hybridized carbons (Fsp3) is 0.286. The van der Waals surface area contributed by atoms with Crippen molar-refractivity contribution in [2.24, 2.45) is 0 Å². The molecule has 2 aromatic heterocycles. The first-order chi connectivity index (χ1) is 7.65. The molecule has 0 spiro atoms. The summed E-state index contributed by atoms with van der Waals surface area (Å²) >= 11 is 0. The number of nitrogens with zero attached hydrogens (tertiary/aromatic N) is 3. The second-order valence-corrected chi connectivity index (χ2v) is 2.94. The van der Waals surface area contributed by atoms with Crippen molar-refractivity contribution < 1.29 is 4.52 Å². The predicted octanol–water partition coefficient (Wildman–Crippen LogP) is -1.24. The molecule has 0 unspecified atom stereocenters. The summed E-state index contributed by atoms with van der Waals surface area (Å²) < 4.78 is 4.74. The van der Waals surface area contributed by atoms with Gasteiger partial charge in [0, 0.05) is 6.92 Å². The maximum absolute atomic E-state index is 11.2. The van der Waals surface area contributed by atoms with Crippen LogP contribution in [0.1, 0.15) is 11.7 Å². The number of nitrogens with one attached hydrogen (secondary N) is 3. The second kappa shape index (κ2) is 3.96. The van der Waals surface area contributed by atoms with E-state index in [4.69, 9.17) is 4.52 Å². The third-order valence-electron chi connectivity index (χ3n) is 1.69. The monoisotopic (exact) mass is 224 g/mol. The Kier molecular flexibility index (Phi) is 2.50. The number of aromatic nitrogens is 5. The van der Waals surface area contributed by atoms with Gasteiger partial charge in [-0.05, 0) is 0 Å². The average Bonchev–Trinajstić information content (AvgIpc) is 2.63. The number of hydrogen-bond donors (Lipinski definition) is 3. The molecule has 2 rings (SSSR count). The van der Waals surface area contributed by atoms with Crippen LogP contribution in [-0.4, -0.2) is 25.3 Å². The molecule has 84 valence electrons. The normalized spacial score (nSPS) is 10.3. The van der Waals surface area contributed by atoms with Crippen LogP contribution in [0.15, 0.2) is 14.1 Å². The number of aromatic amines is 2. The molecule has 2 heterocycles. The van der Waals surface area contributed by atoms with Crippen LogP contribution in [0.5, 0.6) is 0 Å². The molecule has 9 nitrogen and oxygen atoms in total. The van der Waals surface area contributed by atoms with Crippen LogP contribution in [0.4, 0.5) is 5.82 Å². The number of anilines is 1. The van der Waals surface area contributed by atoms with E-state index in [1.54, 1.807) is 6.92 Å². The van der Waals surface area contributed by atoms with Crippen LogP contribution in [0.2, 0.25) is 0 Å². The molecule has 0 atom stereocenters. The zero-order valence-corrected chi connectivity index (χ0v) is 8.27. The van der Waals surface area contributed by atoms with E-state index < -0.39 is 11.2 Å². The molecule has 0 fully saturated rings. The van der Waals surface area contributed by atoms with Crippen LogP contribution in [0.25, 0.3) is 0 Å². The van der Waals surface area contributed by atoms with E-state index in [1.807, 2.05) is 4.98 Å². The highest BCUT2D eigenvalue weighted by atomic mass is 16.5. The first-order valence-electron chi connectivity index (χ1n) is 4.37. The number of aryl methyl sites for hydroxylation is 1. The third-order valence-corrected chi connectivity index (χ3v) is 1.69. The molecule has 0 aliphatic heterocycles. The van der Waals surface area contributed by atoms with Gasteiger partial charge in [0.05, 0.1) is 6.54 Å². The van der Waals surface area contributed by atoms with Gasteiger partial charge in [0.1, 0.15) is 0 Å². The van der Waals surface area contributed by atoms with Gasteiger partial charge >= 0.3 is 5.69 Å². The molecule has 0 radical (unpaired) electrons. The van der Waals surface area contributed by atoms with Crippen molar-refractivity contribution in [1.82, 2.24) is 25.3 Å². The maximum Gasteiger partial charge on any atom is 0.342 e. The van der Waals surface area contributed by atoms with Gasteiger partial charge in [0.15, 0.2) is 5.82 Å². The fourth-order valence-corrected chi connectivity index (χ4v) is 1.04. The zero-order chi connectivity index (χ0) is 11.5. The van der Waals surface area contributed by atoms with E-state index in [-0.39, 0.29) is 12.4 Å². The molecule has 9 heteroatoms. The number of rotatable bonds is 3. The fourth-order valence-electron chi connectivity index (χ4n) is 1.04. The van der Waals surface area contributed by atoms with Crippen molar-refractivity contribution in [2.45, 2.75) is 13.5 Å². The van der Waals surface area contributed by atoms with Crippen molar-refractivity contribution in [1.29, 1.82) is 0 Å². The van der Waals surface area contributed by atoms with E-state index in [2.05, 4.69) is 25.7 Å². The molecular formula is C7H8N6O3. The summed E-state index contributed by atoms with van der Waals surface area (Å²) in [5.74, 6) is 0.812. The summed E-state index contributed by atoms with van der Waals surface area (Å²) in [5, 5.41) is 11.9. The van der Waals surface area contributed by atoms with E-state index in [1.165, 1.54) is 0 Å². The minimum atomic E-state index is -0.661. The van der Waals surface area contributed by atoms with Crippen molar-refractivity contribution >= 4 is 5.82 Å². The first-order valence-corrected chi connectivity index (χ1v) is 4.37. The van der Waals surface area contributed by atoms with Crippen molar-refractivity contribution in [3.63, 3.8) is 0 Å². The summed E-state index contributed by atoms with van der Waals surface area (Å²) in [6.45, 7) is 1.83. The quantitative estimate of drug-likeness (QED) is 0.594. The van der Waals surface area contributed by atoms with Gasteiger partial charge in [0.25, 0.3) is 5.56 Å². The Balaban J connectivity index is 2.10. The summed E-state index contributed by atoms with van der Waals surface area (Å²) in [5.41, 5.74) is -1.27. The Morgan fingerprint density at radius 2 is 2.25 bits per heavy atom. The van der Waals surface area contributed by atoms with Gasteiger partial charge in [-0.25, -0.2) is 9.89 Å². The molecular weight excluding hydrogens is 216 g/mol. The molecule has 0 saturated carbocycles. The van der Waals surface area contributed by atoms with Crippen molar-refractivity contribution in [3.05, 3.63) is 32.6 Å². The van der Waals surface area contributed by atoms with E-state index in [0.29, 0.717) is 11.7 Å². The average molecular weight is 224 g/mol. The van der Waals surface area contributed by atoms with Crippen LogP contribution in [-0.2, 0) is 6.54 Å². The van der Waals surface area contributed by atoms with Crippen LogP contribution in [0.3, 0.4) is 0 Å². The largest absolute Gasteiger partial charge is 0.357 e. The Hall–Kier alpha value is -2.45. The highest BCUT2D eigenvalue weighted by molar-refractivity contribution is 5.28. The van der Waals surface area contributed by atoms with E-state index in [0.717, 1.165) is 0 Å². The van der Waals surface area contributed by atoms with Gasteiger partial charge in [-0.1, -0.05) is 5.16 Å². The minimum Gasteiger partial charge on any atom is -0.357 e. The van der Waals surface area contributed by atoms with Crippen LogP contribution >= 0.6 is 0 Å². The molecule has 0 aliphatic carbocycles. The Labute approximate surface area is 87.9 Å². The van der Waals surface area contributed by atoms with E-state index in [9.17, 15) is 9.59 Å². The molecule has 0 aliphatic rings. The predicted molar refractivity (Wildman–Crippen MR) is 51.8 cm³/mol. The molecule has 16 heavy (non-hydrogen) atoms. The highest BCUT2D eigenvalue weighted by Gasteiger charge is 2.05. The van der Waals surface area contributed by atoms with Gasteiger partial charge in [0.2, 0.25) is 11.7 Å². The standard InChI is InChI=1S/C7H8N6O3/c1-3-9-4(13-16-3)2-8-5-6(14)10-7(15)12-11-5/h2H2,1H3,(H,8,11)(H2,10,12,14,15). The number of H-pyrrole nitrogens is 2. The summed E-state index contributed by atoms with van der Waals surface area (Å²) in [4.78, 5) is 27.8. The molecule has 0 aromatic carbocycles. The number of hydrogen-bond acceptors (Lipinski definition) is 7. The van der Waals surface area contributed by atoms with Gasteiger partial charge < -0.3 is 9.84 Å². The summed E-state index contributed by atoms with van der Waals surface area (Å²) in [6, 6.07) is 0. The van der Waals surface area contributed by atoms with Crippen molar-refractivity contribution in [3.8, 4) is 0 Å². The lowest BCUT2D eigenvalue weighted by atomic mass is 10.5. The third kappa shape index (κ3) is 2.13. The lowest BCUT2D eigenvalue weighted by Crippen LogP contribution is -2.26. The Morgan fingerprint density at radius 1 is 1.44 bits per heavy atom. The smallest absolute Gasteiger partial charge is 0.342 e. The lowest BCUT2D eigenvalue weighted by Gasteiger charge is -1.98. The molecule has 0 saturated heterocycles. The van der Waals surface area contributed by atoms with Crippen LogP contribution < -0.4 is 16.6 Å². The molecule has 3 N–H and O–H groups in total. The van der Waals surface area contributed by atoms with Gasteiger partial charge in [-0.3, -0.25) is 9.78 Å². The second-order valence-electron chi connectivity index (χ2n) is 2.94. The topological polar surface area (TPSA) is 130 Å². The molecule has 0 amide bonds. The van der Waals surface area contributed by atoms with Crippen LogP contribution in [0, 0.1) is 6.92 Å². The van der Waals surface area contributed by atoms with Gasteiger partial charge in [-0.15, -0.1) is 5.10 Å². The van der Waals surface area contributed by atoms with Crippen molar-refractivity contribution in [2.75, 3.05) is 5.32 Å². The highest BCUT2D eigenvalue weighted by Crippen LogP contribution is 1.97. The summed E-state index contributed by atoms with van der Waals surface area (Å²) in [6.07, 6.45) is 0. The molecule has 0 bridgehead atoms. The maximum atomic E-state index is 11.2. The van der Waals surface area contributed by atoms with Gasteiger partial charge in [-0.2, -0.15) is 4.98 Å². The first kappa shape index (κ1) is 10.1. The molecule has 2 aromatic rings. The minimum absolute atomic E-state index is 0.0120. The van der Waals surface area contributed by atoms with E-state index >= 15 is 0 Å². The zero-order valence-electron chi connectivity index (χ0n) is 8.27. The lowest BCUT2D eigenvalue weighted by molar-refractivity contribution is 0.388.